The first-order valence-corrected chi connectivity index (χ1v) is 15.2. The van der Waals surface area contributed by atoms with Crippen molar-refractivity contribution in [1.82, 2.24) is 24.5 Å². The summed E-state index contributed by atoms with van der Waals surface area (Å²) in [5.41, 5.74) is 9.24. The average molecular weight is 532 g/mol. The van der Waals surface area contributed by atoms with Crippen LogP contribution >= 0.6 is 11.3 Å². The van der Waals surface area contributed by atoms with Crippen LogP contribution in [0, 0.1) is 12.8 Å². The van der Waals surface area contributed by atoms with Gasteiger partial charge in [-0.2, -0.15) is 5.10 Å². The molecule has 2 fully saturated rings. The summed E-state index contributed by atoms with van der Waals surface area (Å²) in [5.74, 6) is 1.29. The second kappa shape index (κ2) is 9.49. The zero-order chi connectivity index (χ0) is 26.0. The van der Waals surface area contributed by atoms with Crippen LogP contribution in [0.1, 0.15) is 84.9 Å². The molecule has 0 saturated carbocycles. The molecular weight excluding hydrogens is 494 g/mol. The predicted octanol–water partition coefficient (Wildman–Crippen LogP) is 5.99. The van der Waals surface area contributed by atoms with E-state index in [1.54, 1.807) is 6.33 Å². The van der Waals surface area contributed by atoms with Crippen molar-refractivity contribution >= 4 is 33.1 Å². The maximum Gasteiger partial charge on any atom is 0.228 e. The Hall–Kier alpha value is -2.71. The molecule has 1 amide bonds. The highest BCUT2D eigenvalue weighted by Gasteiger charge is 2.33. The zero-order valence-electron chi connectivity index (χ0n) is 22.7. The molecule has 4 aromatic rings. The summed E-state index contributed by atoms with van der Waals surface area (Å²) in [6.07, 6.45) is 11.3. The second-order valence-corrected chi connectivity index (χ2v) is 12.8. The molecule has 0 spiro atoms. The number of nitrogens with one attached hydrogen (secondary N) is 1. The molecule has 1 N–H and O–H groups in total. The molecule has 2 aliphatic heterocycles. The number of carbonyl (C=O) groups is 1. The van der Waals surface area contributed by atoms with Crippen molar-refractivity contribution in [3.63, 3.8) is 0 Å². The number of piperidine rings is 1. The molecular formula is C30H37N5O2S. The fraction of sp³-hybridized carbons (Fsp3) is 0.567. The molecule has 6 heterocycles. The van der Waals surface area contributed by atoms with Crippen molar-refractivity contribution in [3.8, 4) is 11.3 Å². The first-order chi connectivity index (χ1) is 18.5. The van der Waals surface area contributed by atoms with Gasteiger partial charge in [0.25, 0.3) is 0 Å². The van der Waals surface area contributed by atoms with E-state index in [4.69, 9.17) is 4.74 Å². The minimum atomic E-state index is 0.0622. The number of aromatic amines is 1. The molecule has 8 heteroatoms. The fourth-order valence-electron chi connectivity index (χ4n) is 7.25. The Morgan fingerprint density at radius 3 is 2.74 bits per heavy atom. The number of fused-ring (bicyclic) bond motifs is 4. The minimum Gasteiger partial charge on any atom is -0.381 e. The molecule has 38 heavy (non-hydrogen) atoms. The first kappa shape index (κ1) is 24.3. The van der Waals surface area contributed by atoms with Crippen LogP contribution in [0.2, 0.25) is 0 Å². The predicted molar refractivity (Wildman–Crippen MR) is 151 cm³/mol. The molecule has 1 aliphatic carbocycles. The van der Waals surface area contributed by atoms with Crippen LogP contribution in [0.25, 0.3) is 27.1 Å². The van der Waals surface area contributed by atoms with E-state index in [2.05, 4.69) is 46.9 Å². The van der Waals surface area contributed by atoms with Gasteiger partial charge in [-0.1, -0.05) is 13.8 Å². The number of ether oxygens (including phenoxy) is 1. The molecule has 200 valence electrons. The number of amides is 1. The van der Waals surface area contributed by atoms with Crippen molar-refractivity contribution in [2.24, 2.45) is 5.92 Å². The number of hydrogen-bond acceptors (Lipinski definition) is 5. The summed E-state index contributed by atoms with van der Waals surface area (Å²) in [5, 5.41) is 5.91. The lowest BCUT2D eigenvalue weighted by Gasteiger charge is -2.35. The van der Waals surface area contributed by atoms with Crippen LogP contribution in [0.15, 0.2) is 12.5 Å². The number of H-pyrrole nitrogens is 1. The number of hydrogen-bond donors (Lipinski definition) is 1. The zero-order valence-corrected chi connectivity index (χ0v) is 23.5. The standard InChI is InChI=1S/C30H37N5O2S/c1-17(2)24-25-18(3)27(19-9-11-34(12-10-19)30(36)20-6-5-13-37-15-20)38-29(25)33-26(24)23-14-35-28(31-16-32-35)22-8-4-7-21(22)23/h14,16-17,19-20,33H,4-13,15H2,1-3H3. The average Bonchev–Trinajstić information content (AvgIpc) is 3.72. The van der Waals surface area contributed by atoms with Crippen molar-refractivity contribution < 1.29 is 9.53 Å². The Morgan fingerprint density at radius 1 is 1.16 bits per heavy atom. The van der Waals surface area contributed by atoms with E-state index in [1.165, 1.54) is 55.0 Å². The van der Waals surface area contributed by atoms with E-state index in [0.717, 1.165) is 63.9 Å². The summed E-state index contributed by atoms with van der Waals surface area (Å²) in [6, 6.07) is 0. The summed E-state index contributed by atoms with van der Waals surface area (Å²) >= 11 is 1.94. The van der Waals surface area contributed by atoms with Crippen molar-refractivity contribution in [1.29, 1.82) is 0 Å². The Kier molecular flexibility index (Phi) is 6.08. The van der Waals surface area contributed by atoms with Crippen LogP contribution in [0.5, 0.6) is 0 Å². The number of likely N-dealkylation sites (tertiary alicyclic amines) is 1. The summed E-state index contributed by atoms with van der Waals surface area (Å²) in [7, 11) is 0. The molecule has 2 saturated heterocycles. The van der Waals surface area contributed by atoms with Crippen molar-refractivity contribution in [2.45, 2.75) is 77.6 Å². The number of aromatic nitrogens is 4. The highest BCUT2D eigenvalue weighted by molar-refractivity contribution is 7.19. The molecule has 3 aliphatic rings. The smallest absolute Gasteiger partial charge is 0.228 e. The molecule has 4 aromatic heterocycles. The molecule has 0 bridgehead atoms. The lowest BCUT2D eigenvalue weighted by atomic mass is 9.89. The van der Waals surface area contributed by atoms with Crippen molar-refractivity contribution in [3.05, 3.63) is 39.7 Å². The van der Waals surface area contributed by atoms with Gasteiger partial charge in [0.1, 0.15) is 11.2 Å². The topological polar surface area (TPSA) is 75.5 Å². The van der Waals surface area contributed by atoms with E-state index in [0.29, 0.717) is 24.3 Å². The summed E-state index contributed by atoms with van der Waals surface area (Å²) in [6.45, 7) is 10.1. The van der Waals surface area contributed by atoms with Gasteiger partial charge in [-0.25, -0.2) is 9.50 Å². The van der Waals surface area contributed by atoms with Gasteiger partial charge in [-0.3, -0.25) is 4.79 Å². The van der Waals surface area contributed by atoms with E-state index < -0.39 is 0 Å². The summed E-state index contributed by atoms with van der Waals surface area (Å²) < 4.78 is 7.54. The number of rotatable bonds is 4. The Bertz CT molecular complexity index is 1510. The molecule has 7 nitrogen and oxygen atoms in total. The number of thiophene rings is 1. The van der Waals surface area contributed by atoms with Crippen LogP contribution < -0.4 is 0 Å². The van der Waals surface area contributed by atoms with Crippen LogP contribution in [0.4, 0.5) is 0 Å². The Labute approximate surface area is 227 Å². The van der Waals surface area contributed by atoms with Gasteiger partial charge in [0.05, 0.1) is 18.2 Å². The normalized spacial score (nSPS) is 20.7. The van der Waals surface area contributed by atoms with Gasteiger partial charge in [0.2, 0.25) is 5.91 Å². The van der Waals surface area contributed by atoms with Gasteiger partial charge < -0.3 is 14.6 Å². The largest absolute Gasteiger partial charge is 0.381 e. The van der Waals surface area contributed by atoms with Crippen molar-refractivity contribution in [2.75, 3.05) is 26.3 Å². The van der Waals surface area contributed by atoms with Gasteiger partial charge >= 0.3 is 0 Å². The maximum absolute atomic E-state index is 13.0. The van der Waals surface area contributed by atoms with E-state index >= 15 is 0 Å². The van der Waals surface area contributed by atoms with Gasteiger partial charge in [-0.05, 0) is 80.4 Å². The maximum atomic E-state index is 13.0. The number of aryl methyl sites for hydroxylation is 2. The lowest BCUT2D eigenvalue weighted by Crippen LogP contribution is -2.43. The molecule has 1 unspecified atom stereocenters. The number of carbonyl (C=O) groups excluding carboxylic acids is 1. The highest BCUT2D eigenvalue weighted by atomic mass is 32.1. The minimum absolute atomic E-state index is 0.0622. The SMILES string of the molecule is Cc1c(C2CCN(C(=O)C3CCCOC3)CC2)sc2[nH]c(-c3cn4ncnc4c4c3CCC4)c(C(C)C)c12. The molecule has 7 rings (SSSR count). The highest BCUT2D eigenvalue weighted by Crippen LogP contribution is 2.47. The van der Waals surface area contributed by atoms with Crippen LogP contribution in [0.3, 0.4) is 0 Å². The summed E-state index contributed by atoms with van der Waals surface area (Å²) in [4.78, 5) is 26.4. The second-order valence-electron chi connectivity index (χ2n) is 11.8. The molecule has 0 radical (unpaired) electrons. The van der Waals surface area contributed by atoms with Gasteiger partial charge in [-0.15, -0.1) is 11.3 Å². The number of pyridine rings is 1. The molecule has 0 aromatic carbocycles. The third-order valence-corrected chi connectivity index (χ3v) is 10.5. The van der Waals surface area contributed by atoms with Crippen LogP contribution in [-0.2, 0) is 22.4 Å². The third kappa shape index (κ3) is 3.82. The van der Waals surface area contributed by atoms with Crippen LogP contribution in [-0.4, -0.2) is 56.7 Å². The van der Waals surface area contributed by atoms with E-state index in [-0.39, 0.29) is 5.92 Å². The monoisotopic (exact) mass is 531 g/mol. The Balaban J connectivity index is 1.21. The fourth-order valence-corrected chi connectivity index (χ4v) is 8.64. The Morgan fingerprint density at radius 2 is 1.97 bits per heavy atom. The quantitative estimate of drug-likeness (QED) is 0.351. The van der Waals surface area contributed by atoms with Gasteiger partial charge in [0.15, 0.2) is 5.65 Å². The molecule has 1 atom stereocenters. The van der Waals surface area contributed by atoms with Gasteiger partial charge in [0, 0.05) is 47.3 Å². The third-order valence-electron chi connectivity index (χ3n) is 9.13. The number of nitrogens with zero attached hydrogens (tertiary/aromatic N) is 4. The first-order valence-electron chi connectivity index (χ1n) is 14.4. The van der Waals surface area contributed by atoms with E-state index in [9.17, 15) is 4.79 Å². The van der Waals surface area contributed by atoms with E-state index in [1.807, 2.05) is 15.9 Å². The lowest BCUT2D eigenvalue weighted by molar-refractivity contribution is -0.140.